The maximum Gasteiger partial charge on any atom is 0.280 e. The zero-order valence-corrected chi connectivity index (χ0v) is 10.1. The molecule has 0 atom stereocenters. The average molecular weight is 274 g/mol. The van der Waals surface area contributed by atoms with Gasteiger partial charge >= 0.3 is 0 Å². The summed E-state index contributed by atoms with van der Waals surface area (Å²) >= 11 is 0. The van der Waals surface area contributed by atoms with Crippen molar-refractivity contribution in [3.63, 3.8) is 0 Å². The van der Waals surface area contributed by atoms with Gasteiger partial charge in [-0.25, -0.2) is 4.99 Å². The summed E-state index contributed by atoms with van der Waals surface area (Å²) in [6.07, 6.45) is 1.35. The monoisotopic (exact) mass is 274 g/mol. The fraction of sp³-hybridized carbons (Fsp3) is 0. The average Bonchev–Trinajstić information content (AvgIpc) is 2.38. The van der Waals surface area contributed by atoms with Crippen molar-refractivity contribution in [1.29, 1.82) is 0 Å². The molecule has 5 N–H and O–H groups in total. The SMILES string of the molecule is Nc1nc(N)c(N=Cc2ccc([N+](=O)[O-])cc2)c(=O)[nH]1. The zero-order valence-electron chi connectivity index (χ0n) is 10.1. The molecular weight excluding hydrogens is 264 g/mol. The number of non-ortho nitro benzene ring substituents is 1. The highest BCUT2D eigenvalue weighted by Crippen LogP contribution is 2.15. The van der Waals surface area contributed by atoms with Crippen LogP contribution in [0, 0.1) is 10.1 Å². The lowest BCUT2D eigenvalue weighted by molar-refractivity contribution is -0.384. The van der Waals surface area contributed by atoms with Crippen LogP contribution in [0.5, 0.6) is 0 Å². The number of nitro groups is 1. The van der Waals surface area contributed by atoms with Crippen LogP contribution in [0.1, 0.15) is 5.56 Å². The van der Waals surface area contributed by atoms with Crippen molar-refractivity contribution in [2.75, 3.05) is 11.5 Å². The van der Waals surface area contributed by atoms with E-state index in [2.05, 4.69) is 15.0 Å². The molecule has 0 saturated carbocycles. The van der Waals surface area contributed by atoms with E-state index in [1.807, 2.05) is 0 Å². The molecule has 1 aromatic carbocycles. The molecule has 0 bridgehead atoms. The van der Waals surface area contributed by atoms with Gasteiger partial charge in [-0.3, -0.25) is 19.9 Å². The van der Waals surface area contributed by atoms with Gasteiger partial charge in [-0.05, 0) is 17.7 Å². The Hall–Kier alpha value is -3.23. The van der Waals surface area contributed by atoms with E-state index in [0.717, 1.165) is 0 Å². The van der Waals surface area contributed by atoms with E-state index in [9.17, 15) is 14.9 Å². The highest BCUT2D eigenvalue weighted by molar-refractivity contribution is 5.83. The van der Waals surface area contributed by atoms with Gasteiger partial charge < -0.3 is 11.5 Å². The van der Waals surface area contributed by atoms with Gasteiger partial charge in [0.1, 0.15) is 0 Å². The molecule has 20 heavy (non-hydrogen) atoms. The third kappa shape index (κ3) is 2.77. The summed E-state index contributed by atoms with van der Waals surface area (Å²) in [5.74, 6) is -0.189. The van der Waals surface area contributed by atoms with Crippen LogP contribution in [0.15, 0.2) is 34.1 Å². The molecular formula is C11H10N6O3. The van der Waals surface area contributed by atoms with Gasteiger partial charge in [0.15, 0.2) is 11.5 Å². The largest absolute Gasteiger partial charge is 0.382 e. The van der Waals surface area contributed by atoms with Gasteiger partial charge in [-0.1, -0.05) is 0 Å². The Bertz CT molecular complexity index is 735. The molecule has 0 aliphatic carbocycles. The first-order chi connectivity index (χ1) is 9.47. The lowest BCUT2D eigenvalue weighted by Crippen LogP contribution is -2.13. The predicted octanol–water partition coefficient (Wildman–Crippen LogP) is 0.593. The number of rotatable bonds is 3. The number of hydrogen-bond acceptors (Lipinski definition) is 7. The number of nitrogens with one attached hydrogen (secondary N) is 1. The van der Waals surface area contributed by atoms with E-state index >= 15 is 0 Å². The van der Waals surface area contributed by atoms with Crippen molar-refractivity contribution in [2.45, 2.75) is 0 Å². The van der Waals surface area contributed by atoms with Crippen molar-refractivity contribution in [2.24, 2.45) is 4.99 Å². The van der Waals surface area contributed by atoms with Crippen molar-refractivity contribution >= 4 is 29.4 Å². The van der Waals surface area contributed by atoms with E-state index in [1.165, 1.54) is 30.5 Å². The topological polar surface area (TPSA) is 153 Å². The van der Waals surface area contributed by atoms with Crippen LogP contribution in [-0.2, 0) is 0 Å². The Morgan fingerprint density at radius 3 is 2.50 bits per heavy atom. The third-order valence-corrected chi connectivity index (χ3v) is 2.39. The Kier molecular flexibility index (Phi) is 3.42. The molecule has 9 nitrogen and oxygen atoms in total. The Morgan fingerprint density at radius 2 is 1.95 bits per heavy atom. The highest BCUT2D eigenvalue weighted by Gasteiger charge is 2.06. The first-order valence-electron chi connectivity index (χ1n) is 5.41. The van der Waals surface area contributed by atoms with E-state index in [-0.39, 0.29) is 23.1 Å². The Labute approximate surface area is 112 Å². The van der Waals surface area contributed by atoms with Gasteiger partial charge in [-0.2, -0.15) is 4.98 Å². The summed E-state index contributed by atoms with van der Waals surface area (Å²) in [6.45, 7) is 0. The van der Waals surface area contributed by atoms with Crippen molar-refractivity contribution in [3.05, 3.63) is 50.3 Å². The number of benzene rings is 1. The zero-order chi connectivity index (χ0) is 14.7. The Balaban J connectivity index is 2.30. The number of hydrogen-bond donors (Lipinski definition) is 3. The fourth-order valence-electron chi connectivity index (χ4n) is 1.45. The van der Waals surface area contributed by atoms with Gasteiger partial charge in [0.05, 0.1) is 4.92 Å². The normalized spacial score (nSPS) is 10.8. The van der Waals surface area contributed by atoms with Gasteiger partial charge in [0.2, 0.25) is 5.95 Å². The lowest BCUT2D eigenvalue weighted by Gasteiger charge is -1.99. The molecule has 0 unspecified atom stereocenters. The maximum atomic E-state index is 11.6. The molecule has 0 saturated heterocycles. The van der Waals surface area contributed by atoms with Crippen molar-refractivity contribution < 1.29 is 4.92 Å². The molecule has 102 valence electrons. The minimum absolute atomic E-state index is 0.0336. The van der Waals surface area contributed by atoms with E-state index < -0.39 is 10.5 Å². The molecule has 1 aromatic heterocycles. The molecule has 2 aromatic rings. The lowest BCUT2D eigenvalue weighted by atomic mass is 10.2. The number of aromatic nitrogens is 2. The molecule has 0 radical (unpaired) electrons. The molecule has 0 fully saturated rings. The van der Waals surface area contributed by atoms with Crippen LogP contribution in [0.3, 0.4) is 0 Å². The number of aliphatic imine (C=N–C) groups is 1. The van der Waals surface area contributed by atoms with Crippen molar-refractivity contribution in [3.8, 4) is 0 Å². The van der Waals surface area contributed by atoms with Crippen LogP contribution in [0.2, 0.25) is 0 Å². The quantitative estimate of drug-likeness (QED) is 0.423. The molecule has 9 heteroatoms. The number of aromatic amines is 1. The number of nitrogen functional groups attached to an aromatic ring is 2. The standard InChI is InChI=1S/C11H10N6O3/c12-9-8(10(18)16-11(13)15-9)14-5-6-1-3-7(4-2-6)17(19)20/h1-5H,(H5,12,13,15,16,18). The Morgan fingerprint density at radius 1 is 1.30 bits per heavy atom. The summed E-state index contributed by atoms with van der Waals surface area (Å²) < 4.78 is 0. The summed E-state index contributed by atoms with van der Waals surface area (Å²) in [7, 11) is 0. The van der Waals surface area contributed by atoms with Gasteiger partial charge in [-0.15, -0.1) is 0 Å². The van der Waals surface area contributed by atoms with E-state index in [1.54, 1.807) is 0 Å². The molecule has 0 amide bonds. The second-order valence-corrected chi connectivity index (χ2v) is 3.79. The number of nitro benzene ring substituents is 1. The summed E-state index contributed by atoms with van der Waals surface area (Å²) in [6, 6.07) is 5.65. The van der Waals surface area contributed by atoms with Crippen LogP contribution in [0.25, 0.3) is 0 Å². The number of anilines is 2. The smallest absolute Gasteiger partial charge is 0.280 e. The molecule has 2 rings (SSSR count). The van der Waals surface area contributed by atoms with Crippen LogP contribution < -0.4 is 17.0 Å². The van der Waals surface area contributed by atoms with Crippen LogP contribution in [0.4, 0.5) is 23.1 Å². The summed E-state index contributed by atoms with van der Waals surface area (Å²) in [4.78, 5) is 31.4. The molecule has 0 aliphatic heterocycles. The van der Waals surface area contributed by atoms with E-state index in [0.29, 0.717) is 5.56 Å². The van der Waals surface area contributed by atoms with E-state index in [4.69, 9.17) is 11.5 Å². The number of nitrogens with zero attached hydrogens (tertiary/aromatic N) is 3. The highest BCUT2D eigenvalue weighted by atomic mass is 16.6. The van der Waals surface area contributed by atoms with Crippen LogP contribution >= 0.6 is 0 Å². The molecule has 0 aliphatic rings. The molecule has 0 spiro atoms. The summed E-state index contributed by atoms with van der Waals surface area (Å²) in [5.41, 5.74) is 10.8. The number of nitrogens with two attached hydrogens (primary N) is 2. The maximum absolute atomic E-state index is 11.6. The van der Waals surface area contributed by atoms with Gasteiger partial charge in [0.25, 0.3) is 11.2 Å². The predicted molar refractivity (Wildman–Crippen MR) is 74.0 cm³/mol. The van der Waals surface area contributed by atoms with Crippen molar-refractivity contribution in [1.82, 2.24) is 9.97 Å². The van der Waals surface area contributed by atoms with Crippen LogP contribution in [-0.4, -0.2) is 21.1 Å². The first-order valence-corrected chi connectivity index (χ1v) is 5.41. The second-order valence-electron chi connectivity index (χ2n) is 3.79. The first kappa shape index (κ1) is 13.2. The molecule has 1 heterocycles. The summed E-state index contributed by atoms with van der Waals surface area (Å²) in [5, 5.41) is 10.5. The third-order valence-electron chi connectivity index (χ3n) is 2.39. The fourth-order valence-corrected chi connectivity index (χ4v) is 1.45. The second kappa shape index (κ2) is 5.18. The number of H-pyrrole nitrogens is 1. The minimum atomic E-state index is -0.562. The van der Waals surface area contributed by atoms with Gasteiger partial charge in [0, 0.05) is 18.3 Å². The minimum Gasteiger partial charge on any atom is -0.382 e.